The number of carbonyl (C=O) groups excluding carboxylic acids is 1. The molecule has 1 N–H and O–H groups in total. The first-order chi connectivity index (χ1) is 8.26. The van der Waals surface area contributed by atoms with Gasteiger partial charge in [0.25, 0.3) is 0 Å². The summed E-state index contributed by atoms with van der Waals surface area (Å²) in [4.78, 5) is 10.9. The Balaban J connectivity index is 2.36. The lowest BCUT2D eigenvalue weighted by atomic mass is 10.3. The normalized spacial score (nSPS) is 9.76. The second-order valence-electron chi connectivity index (χ2n) is 3.67. The minimum Gasteiger partial charge on any atom is -0.494 e. The molecule has 0 aliphatic rings. The Morgan fingerprint density at radius 1 is 1.18 bits per heavy atom. The summed E-state index contributed by atoms with van der Waals surface area (Å²) in [5.41, 5.74) is 0. The summed E-state index contributed by atoms with van der Waals surface area (Å²) < 4.78 is 10.5. The van der Waals surface area contributed by atoms with Crippen LogP contribution in [-0.2, 0) is 0 Å². The van der Waals surface area contributed by atoms with Crippen LogP contribution in [0.4, 0.5) is 4.79 Å². The SMILES string of the molecule is CCCCCOc1ccc(OC(=O)NC)cc1. The van der Waals surface area contributed by atoms with Crippen molar-refractivity contribution < 1.29 is 14.3 Å². The Hall–Kier alpha value is -1.71. The van der Waals surface area contributed by atoms with Gasteiger partial charge >= 0.3 is 6.09 Å². The zero-order chi connectivity index (χ0) is 12.5. The van der Waals surface area contributed by atoms with Crippen molar-refractivity contribution in [3.05, 3.63) is 24.3 Å². The number of hydrogen-bond donors (Lipinski definition) is 1. The van der Waals surface area contributed by atoms with Gasteiger partial charge in [0.1, 0.15) is 11.5 Å². The zero-order valence-corrected chi connectivity index (χ0v) is 10.4. The highest BCUT2D eigenvalue weighted by Gasteiger charge is 2.01. The molecule has 0 saturated carbocycles. The molecule has 0 aliphatic carbocycles. The average molecular weight is 237 g/mol. The highest BCUT2D eigenvalue weighted by atomic mass is 16.6. The van der Waals surface area contributed by atoms with Crippen LogP contribution in [0.5, 0.6) is 11.5 Å². The molecule has 94 valence electrons. The molecule has 1 aromatic rings. The molecule has 1 aromatic carbocycles. The fourth-order valence-electron chi connectivity index (χ4n) is 1.30. The molecule has 0 atom stereocenters. The first-order valence-corrected chi connectivity index (χ1v) is 5.88. The fourth-order valence-corrected chi connectivity index (χ4v) is 1.30. The van der Waals surface area contributed by atoms with Gasteiger partial charge in [-0.15, -0.1) is 0 Å². The second-order valence-corrected chi connectivity index (χ2v) is 3.67. The molecule has 1 amide bonds. The molecule has 1 rings (SSSR count). The zero-order valence-electron chi connectivity index (χ0n) is 10.4. The maximum atomic E-state index is 10.9. The first kappa shape index (κ1) is 13.4. The average Bonchev–Trinajstić information content (AvgIpc) is 2.36. The summed E-state index contributed by atoms with van der Waals surface area (Å²) in [6.07, 6.45) is 2.95. The highest BCUT2D eigenvalue weighted by molar-refractivity contribution is 5.69. The number of rotatable bonds is 6. The minimum absolute atomic E-state index is 0.471. The molecule has 0 spiro atoms. The van der Waals surface area contributed by atoms with E-state index in [1.807, 2.05) is 0 Å². The van der Waals surface area contributed by atoms with E-state index in [0.717, 1.165) is 18.8 Å². The number of benzene rings is 1. The lowest BCUT2D eigenvalue weighted by Gasteiger charge is -2.07. The number of amides is 1. The van der Waals surface area contributed by atoms with Crippen molar-refractivity contribution in [2.75, 3.05) is 13.7 Å². The van der Waals surface area contributed by atoms with Gasteiger partial charge in [0.05, 0.1) is 6.61 Å². The standard InChI is InChI=1S/C13H19NO3/c1-3-4-5-10-16-11-6-8-12(9-7-11)17-13(15)14-2/h6-9H,3-5,10H2,1-2H3,(H,14,15). The third-order valence-corrected chi connectivity index (χ3v) is 2.26. The van der Waals surface area contributed by atoms with E-state index >= 15 is 0 Å². The maximum absolute atomic E-state index is 10.9. The van der Waals surface area contributed by atoms with E-state index in [2.05, 4.69) is 12.2 Å². The van der Waals surface area contributed by atoms with Crippen LogP contribution >= 0.6 is 0 Å². The summed E-state index contributed by atoms with van der Waals surface area (Å²) in [7, 11) is 1.52. The summed E-state index contributed by atoms with van der Waals surface area (Å²) in [5, 5.41) is 2.38. The fraction of sp³-hybridized carbons (Fsp3) is 0.462. The number of nitrogens with one attached hydrogen (secondary N) is 1. The van der Waals surface area contributed by atoms with Crippen LogP contribution in [0.15, 0.2) is 24.3 Å². The number of unbranched alkanes of at least 4 members (excludes halogenated alkanes) is 2. The Kier molecular flexibility index (Phi) is 5.93. The third-order valence-electron chi connectivity index (χ3n) is 2.26. The highest BCUT2D eigenvalue weighted by Crippen LogP contribution is 2.17. The number of carbonyl (C=O) groups is 1. The van der Waals surface area contributed by atoms with Crippen LogP contribution < -0.4 is 14.8 Å². The van der Waals surface area contributed by atoms with Gasteiger partial charge in [-0.2, -0.15) is 0 Å². The van der Waals surface area contributed by atoms with E-state index in [0.29, 0.717) is 5.75 Å². The predicted octanol–water partition coefficient (Wildman–Crippen LogP) is 2.97. The third kappa shape index (κ3) is 5.24. The van der Waals surface area contributed by atoms with E-state index < -0.39 is 6.09 Å². The monoisotopic (exact) mass is 237 g/mol. The van der Waals surface area contributed by atoms with Gasteiger partial charge in [-0.25, -0.2) is 4.79 Å². The van der Waals surface area contributed by atoms with Crippen LogP contribution in [0.2, 0.25) is 0 Å². The van der Waals surface area contributed by atoms with Crippen LogP contribution in [-0.4, -0.2) is 19.7 Å². The molecule has 4 nitrogen and oxygen atoms in total. The molecular weight excluding hydrogens is 218 g/mol. The Bertz CT molecular complexity index is 335. The van der Waals surface area contributed by atoms with Gasteiger partial charge < -0.3 is 14.8 Å². The molecule has 0 heterocycles. The van der Waals surface area contributed by atoms with Crippen LogP contribution in [0.25, 0.3) is 0 Å². The van der Waals surface area contributed by atoms with Crippen molar-refractivity contribution in [3.8, 4) is 11.5 Å². The van der Waals surface area contributed by atoms with Crippen LogP contribution in [0, 0.1) is 0 Å². The van der Waals surface area contributed by atoms with Crippen molar-refractivity contribution in [1.29, 1.82) is 0 Å². The molecule has 0 unspecified atom stereocenters. The smallest absolute Gasteiger partial charge is 0.412 e. The Morgan fingerprint density at radius 2 is 1.82 bits per heavy atom. The van der Waals surface area contributed by atoms with Gasteiger partial charge in [0.15, 0.2) is 0 Å². The van der Waals surface area contributed by atoms with Crippen LogP contribution in [0.1, 0.15) is 26.2 Å². The molecule has 0 saturated heterocycles. The second kappa shape index (κ2) is 7.54. The lowest BCUT2D eigenvalue weighted by Crippen LogP contribution is -2.21. The molecule has 0 aliphatic heterocycles. The molecule has 0 radical (unpaired) electrons. The van der Waals surface area contributed by atoms with Crippen molar-refractivity contribution in [1.82, 2.24) is 5.32 Å². The molecule has 0 bridgehead atoms. The molecule has 4 heteroatoms. The van der Waals surface area contributed by atoms with E-state index in [4.69, 9.17) is 9.47 Å². The van der Waals surface area contributed by atoms with Gasteiger partial charge in [-0.1, -0.05) is 19.8 Å². The Morgan fingerprint density at radius 3 is 2.41 bits per heavy atom. The summed E-state index contributed by atoms with van der Waals surface area (Å²) >= 11 is 0. The molecule has 17 heavy (non-hydrogen) atoms. The predicted molar refractivity (Wildman–Crippen MR) is 66.5 cm³/mol. The minimum atomic E-state index is -0.471. The van der Waals surface area contributed by atoms with Gasteiger partial charge in [-0.3, -0.25) is 0 Å². The first-order valence-electron chi connectivity index (χ1n) is 5.88. The van der Waals surface area contributed by atoms with Gasteiger partial charge in [0.2, 0.25) is 0 Å². The van der Waals surface area contributed by atoms with E-state index in [1.165, 1.54) is 19.9 Å². The van der Waals surface area contributed by atoms with Crippen molar-refractivity contribution in [2.45, 2.75) is 26.2 Å². The largest absolute Gasteiger partial charge is 0.494 e. The molecular formula is C13H19NO3. The summed E-state index contributed by atoms with van der Waals surface area (Å²) in [6, 6.07) is 7.02. The topological polar surface area (TPSA) is 47.6 Å². The summed E-state index contributed by atoms with van der Waals surface area (Å²) in [5.74, 6) is 1.30. The van der Waals surface area contributed by atoms with E-state index in [9.17, 15) is 4.79 Å². The van der Waals surface area contributed by atoms with Crippen molar-refractivity contribution in [3.63, 3.8) is 0 Å². The quantitative estimate of drug-likeness (QED) is 0.774. The van der Waals surface area contributed by atoms with Gasteiger partial charge in [0, 0.05) is 7.05 Å². The number of ether oxygens (including phenoxy) is 2. The van der Waals surface area contributed by atoms with Gasteiger partial charge in [-0.05, 0) is 30.7 Å². The van der Waals surface area contributed by atoms with Crippen molar-refractivity contribution in [2.24, 2.45) is 0 Å². The summed E-state index contributed by atoms with van der Waals surface area (Å²) in [6.45, 7) is 2.88. The maximum Gasteiger partial charge on any atom is 0.412 e. The number of hydrogen-bond acceptors (Lipinski definition) is 3. The molecule has 0 fully saturated rings. The van der Waals surface area contributed by atoms with E-state index in [-0.39, 0.29) is 0 Å². The van der Waals surface area contributed by atoms with E-state index in [1.54, 1.807) is 24.3 Å². The van der Waals surface area contributed by atoms with Crippen molar-refractivity contribution >= 4 is 6.09 Å². The Labute approximate surface area is 102 Å². The molecule has 0 aromatic heterocycles. The van der Waals surface area contributed by atoms with Crippen LogP contribution in [0.3, 0.4) is 0 Å². The lowest BCUT2D eigenvalue weighted by molar-refractivity contribution is 0.203.